The minimum atomic E-state index is -0.297. The normalized spacial score (nSPS) is 19.4. The zero-order chi connectivity index (χ0) is 18.4. The Morgan fingerprint density at radius 2 is 1.89 bits per heavy atom. The smallest absolute Gasteiger partial charge is 0.233 e. The van der Waals surface area contributed by atoms with Crippen LogP contribution in [0.15, 0.2) is 57.4 Å². The van der Waals surface area contributed by atoms with E-state index in [1.54, 1.807) is 0 Å². The van der Waals surface area contributed by atoms with Crippen LogP contribution in [0.5, 0.6) is 0 Å². The highest BCUT2D eigenvalue weighted by Gasteiger charge is 2.53. The van der Waals surface area contributed by atoms with E-state index in [1.165, 1.54) is 0 Å². The molecule has 27 heavy (non-hydrogen) atoms. The molecule has 1 aromatic heterocycles. The van der Waals surface area contributed by atoms with Crippen LogP contribution in [-0.4, -0.2) is 28.9 Å². The van der Waals surface area contributed by atoms with Gasteiger partial charge in [-0.3, -0.25) is 4.79 Å². The Balaban J connectivity index is 1.29. The van der Waals surface area contributed by atoms with Gasteiger partial charge in [-0.2, -0.15) is 0 Å². The summed E-state index contributed by atoms with van der Waals surface area (Å²) in [5, 5.41) is 0. The SMILES string of the molecule is O=C(N1CCC(c2nc3ccccc3o2)CC1)C1(c2cccc(Br)c2)CC1. The van der Waals surface area contributed by atoms with Crippen molar-refractivity contribution in [3.8, 4) is 0 Å². The fourth-order valence-electron chi connectivity index (χ4n) is 4.23. The minimum Gasteiger partial charge on any atom is -0.440 e. The summed E-state index contributed by atoms with van der Waals surface area (Å²) in [4.78, 5) is 19.9. The number of rotatable bonds is 3. The van der Waals surface area contributed by atoms with Crippen molar-refractivity contribution < 1.29 is 9.21 Å². The number of hydrogen-bond acceptors (Lipinski definition) is 3. The van der Waals surface area contributed by atoms with Crippen molar-refractivity contribution in [2.45, 2.75) is 37.0 Å². The van der Waals surface area contributed by atoms with Crippen LogP contribution in [0.3, 0.4) is 0 Å². The molecule has 1 aliphatic carbocycles. The van der Waals surface area contributed by atoms with Crippen molar-refractivity contribution in [3.05, 3.63) is 64.5 Å². The molecule has 0 spiro atoms. The summed E-state index contributed by atoms with van der Waals surface area (Å²) in [5.41, 5.74) is 2.60. The largest absolute Gasteiger partial charge is 0.440 e. The molecule has 2 aliphatic rings. The van der Waals surface area contributed by atoms with Crippen molar-refractivity contribution in [1.29, 1.82) is 0 Å². The van der Waals surface area contributed by atoms with E-state index in [2.05, 4.69) is 33.0 Å². The number of carbonyl (C=O) groups is 1. The number of hydrogen-bond donors (Lipinski definition) is 0. The van der Waals surface area contributed by atoms with Gasteiger partial charge in [0.2, 0.25) is 5.91 Å². The highest BCUT2D eigenvalue weighted by atomic mass is 79.9. The number of benzene rings is 2. The van der Waals surface area contributed by atoms with E-state index in [0.29, 0.717) is 5.92 Å². The number of fused-ring (bicyclic) bond motifs is 1. The number of carbonyl (C=O) groups excluding carboxylic acids is 1. The summed E-state index contributed by atoms with van der Waals surface area (Å²) in [7, 11) is 0. The van der Waals surface area contributed by atoms with Gasteiger partial charge < -0.3 is 9.32 Å². The van der Waals surface area contributed by atoms with E-state index >= 15 is 0 Å². The summed E-state index contributed by atoms with van der Waals surface area (Å²) in [5.74, 6) is 1.40. The van der Waals surface area contributed by atoms with Crippen LogP contribution in [0.2, 0.25) is 0 Å². The number of para-hydroxylation sites is 2. The maximum absolute atomic E-state index is 13.2. The Hall–Kier alpha value is -2.14. The third-order valence-electron chi connectivity index (χ3n) is 5.98. The quantitative estimate of drug-likeness (QED) is 0.592. The standard InChI is InChI=1S/C22H21BrN2O2/c23-17-5-3-4-16(14-17)22(10-11-22)21(26)25-12-8-15(9-13-25)20-24-18-6-1-2-7-19(18)27-20/h1-7,14-15H,8-13H2. The zero-order valence-corrected chi connectivity index (χ0v) is 16.6. The van der Waals surface area contributed by atoms with Gasteiger partial charge in [-0.15, -0.1) is 0 Å². The molecule has 2 fully saturated rings. The van der Waals surface area contributed by atoms with Gasteiger partial charge in [0.15, 0.2) is 11.5 Å². The number of halogens is 1. The lowest BCUT2D eigenvalue weighted by Gasteiger charge is -2.33. The van der Waals surface area contributed by atoms with Crippen LogP contribution in [-0.2, 0) is 10.2 Å². The summed E-state index contributed by atoms with van der Waals surface area (Å²) in [6.45, 7) is 1.55. The molecule has 4 nitrogen and oxygen atoms in total. The number of piperidine rings is 1. The zero-order valence-electron chi connectivity index (χ0n) is 15.0. The van der Waals surface area contributed by atoms with Crippen molar-refractivity contribution in [2.75, 3.05) is 13.1 Å². The topological polar surface area (TPSA) is 46.3 Å². The minimum absolute atomic E-state index is 0.289. The maximum Gasteiger partial charge on any atom is 0.233 e. The van der Waals surface area contributed by atoms with Crippen molar-refractivity contribution >= 4 is 32.9 Å². The van der Waals surface area contributed by atoms with E-state index < -0.39 is 0 Å². The second kappa shape index (κ2) is 6.48. The maximum atomic E-state index is 13.2. The number of likely N-dealkylation sites (tertiary alicyclic amines) is 1. The lowest BCUT2D eigenvalue weighted by atomic mass is 9.91. The van der Waals surface area contributed by atoms with Crippen molar-refractivity contribution in [3.63, 3.8) is 0 Å². The molecule has 0 radical (unpaired) electrons. The molecule has 0 atom stereocenters. The van der Waals surface area contributed by atoms with Gasteiger partial charge in [-0.25, -0.2) is 4.98 Å². The fourth-order valence-corrected chi connectivity index (χ4v) is 4.63. The van der Waals surface area contributed by atoms with Gasteiger partial charge in [-0.05, 0) is 55.5 Å². The Kier molecular flexibility index (Phi) is 4.08. The van der Waals surface area contributed by atoms with Crippen LogP contribution >= 0.6 is 15.9 Å². The molecule has 0 N–H and O–H groups in total. The molecule has 1 saturated carbocycles. The Morgan fingerprint density at radius 3 is 2.59 bits per heavy atom. The van der Waals surface area contributed by atoms with Gasteiger partial charge in [0.25, 0.3) is 0 Å². The van der Waals surface area contributed by atoms with E-state index in [1.807, 2.05) is 41.3 Å². The third-order valence-corrected chi connectivity index (χ3v) is 6.47. The lowest BCUT2D eigenvalue weighted by molar-refractivity contribution is -0.135. The van der Waals surface area contributed by atoms with Crippen LogP contribution in [0.1, 0.15) is 43.1 Å². The first kappa shape index (κ1) is 17.0. The lowest BCUT2D eigenvalue weighted by Crippen LogP contribution is -2.43. The summed E-state index contributed by atoms with van der Waals surface area (Å²) in [6, 6.07) is 16.1. The van der Waals surface area contributed by atoms with Crippen LogP contribution in [0, 0.1) is 0 Å². The number of amides is 1. The van der Waals surface area contributed by atoms with Crippen molar-refractivity contribution in [1.82, 2.24) is 9.88 Å². The molecular formula is C22H21BrN2O2. The molecule has 1 amide bonds. The first-order valence-electron chi connectivity index (χ1n) is 9.57. The molecule has 2 aromatic carbocycles. The monoisotopic (exact) mass is 424 g/mol. The molecular weight excluding hydrogens is 404 g/mol. The average molecular weight is 425 g/mol. The summed E-state index contributed by atoms with van der Waals surface area (Å²) in [6.07, 6.45) is 3.72. The number of nitrogens with zero attached hydrogens (tertiary/aromatic N) is 2. The Morgan fingerprint density at radius 1 is 1.11 bits per heavy atom. The molecule has 3 aromatic rings. The number of aromatic nitrogens is 1. The fraction of sp³-hybridized carbons (Fsp3) is 0.364. The van der Waals surface area contributed by atoms with Gasteiger partial charge >= 0.3 is 0 Å². The second-order valence-corrected chi connectivity index (χ2v) is 8.59. The Bertz CT molecular complexity index is 967. The second-order valence-electron chi connectivity index (χ2n) is 7.68. The predicted octanol–water partition coefficient (Wildman–Crippen LogP) is 5.03. The van der Waals surface area contributed by atoms with Gasteiger partial charge in [0, 0.05) is 23.5 Å². The van der Waals surface area contributed by atoms with E-state index in [0.717, 1.165) is 65.8 Å². The van der Waals surface area contributed by atoms with Crippen LogP contribution < -0.4 is 0 Å². The first-order chi connectivity index (χ1) is 13.2. The summed E-state index contributed by atoms with van der Waals surface area (Å²) >= 11 is 3.53. The molecule has 0 bridgehead atoms. The third kappa shape index (κ3) is 2.98. The first-order valence-corrected chi connectivity index (χ1v) is 10.4. The molecule has 1 saturated heterocycles. The Labute approximate surface area is 166 Å². The van der Waals surface area contributed by atoms with E-state index in [-0.39, 0.29) is 11.3 Å². The summed E-state index contributed by atoms with van der Waals surface area (Å²) < 4.78 is 6.98. The predicted molar refractivity (Wildman–Crippen MR) is 108 cm³/mol. The van der Waals surface area contributed by atoms with Crippen LogP contribution in [0.4, 0.5) is 0 Å². The van der Waals surface area contributed by atoms with E-state index in [4.69, 9.17) is 4.42 Å². The molecule has 138 valence electrons. The van der Waals surface area contributed by atoms with Gasteiger partial charge in [0.05, 0.1) is 5.41 Å². The molecule has 2 heterocycles. The number of oxazole rings is 1. The molecule has 0 unspecified atom stereocenters. The van der Waals surface area contributed by atoms with Gasteiger partial charge in [0.1, 0.15) is 5.52 Å². The van der Waals surface area contributed by atoms with Crippen LogP contribution in [0.25, 0.3) is 11.1 Å². The van der Waals surface area contributed by atoms with E-state index in [9.17, 15) is 4.79 Å². The average Bonchev–Trinajstić information content (AvgIpc) is 3.40. The molecule has 5 rings (SSSR count). The van der Waals surface area contributed by atoms with Gasteiger partial charge in [-0.1, -0.05) is 40.2 Å². The molecule has 1 aliphatic heterocycles. The highest BCUT2D eigenvalue weighted by molar-refractivity contribution is 9.10. The van der Waals surface area contributed by atoms with Crippen molar-refractivity contribution in [2.24, 2.45) is 0 Å². The highest BCUT2D eigenvalue weighted by Crippen LogP contribution is 2.50. The molecule has 5 heteroatoms.